The van der Waals surface area contributed by atoms with Crippen LogP contribution in [0.25, 0.3) is 16.9 Å². The number of hydrogen-bond acceptors (Lipinski definition) is 3. The van der Waals surface area contributed by atoms with E-state index in [0.29, 0.717) is 0 Å². The smallest absolute Gasteiger partial charge is 0.156 e. The highest BCUT2D eigenvalue weighted by Gasteiger charge is 2.04. The molecule has 0 unspecified atom stereocenters. The Morgan fingerprint density at radius 1 is 0.947 bits per heavy atom. The molecule has 2 heterocycles. The molecule has 19 heavy (non-hydrogen) atoms. The molecular weight excluding hydrogens is 236 g/mol. The van der Waals surface area contributed by atoms with E-state index in [0.717, 1.165) is 22.6 Å². The largest absolute Gasteiger partial charge is 0.242 e. The second-order valence-corrected chi connectivity index (χ2v) is 4.56. The van der Waals surface area contributed by atoms with Gasteiger partial charge in [0.1, 0.15) is 6.33 Å². The van der Waals surface area contributed by atoms with Crippen molar-refractivity contribution >= 4 is 0 Å². The van der Waals surface area contributed by atoms with Crippen LogP contribution in [0.5, 0.6) is 0 Å². The number of aromatic nitrogens is 4. The summed E-state index contributed by atoms with van der Waals surface area (Å²) in [6.45, 7) is 4.02. The zero-order chi connectivity index (χ0) is 13.2. The van der Waals surface area contributed by atoms with Crippen molar-refractivity contribution in [2.75, 3.05) is 0 Å². The SMILES string of the molecule is Cc1ccc(-c2cnn(-c3cc(C)ncn3)c2)cc1. The molecule has 1 aromatic carbocycles. The monoisotopic (exact) mass is 250 g/mol. The van der Waals surface area contributed by atoms with Crippen molar-refractivity contribution in [3.8, 4) is 16.9 Å². The summed E-state index contributed by atoms with van der Waals surface area (Å²) in [5.41, 5.74) is 4.42. The first-order valence-corrected chi connectivity index (χ1v) is 6.13. The fourth-order valence-corrected chi connectivity index (χ4v) is 1.91. The second kappa shape index (κ2) is 4.65. The minimum atomic E-state index is 0.783. The number of aryl methyl sites for hydroxylation is 2. The molecule has 0 radical (unpaired) electrons. The molecule has 0 aliphatic carbocycles. The second-order valence-electron chi connectivity index (χ2n) is 4.56. The average Bonchev–Trinajstić information content (AvgIpc) is 2.89. The van der Waals surface area contributed by atoms with Crippen molar-refractivity contribution in [1.82, 2.24) is 19.7 Å². The van der Waals surface area contributed by atoms with E-state index in [-0.39, 0.29) is 0 Å². The Hall–Kier alpha value is -2.49. The highest BCUT2D eigenvalue weighted by molar-refractivity contribution is 5.62. The van der Waals surface area contributed by atoms with Crippen LogP contribution < -0.4 is 0 Å². The van der Waals surface area contributed by atoms with Gasteiger partial charge in [-0.25, -0.2) is 14.6 Å². The first kappa shape index (κ1) is 11.6. The van der Waals surface area contributed by atoms with Crippen LogP contribution in [-0.4, -0.2) is 19.7 Å². The van der Waals surface area contributed by atoms with Crippen LogP contribution in [0.4, 0.5) is 0 Å². The maximum atomic E-state index is 4.35. The summed E-state index contributed by atoms with van der Waals surface area (Å²) in [6, 6.07) is 10.3. The predicted octanol–water partition coefficient (Wildman–Crippen LogP) is 2.95. The molecule has 3 rings (SSSR count). The summed E-state index contributed by atoms with van der Waals surface area (Å²) in [7, 11) is 0. The molecule has 3 aromatic rings. The molecule has 2 aromatic heterocycles. The maximum absolute atomic E-state index is 4.35. The van der Waals surface area contributed by atoms with E-state index < -0.39 is 0 Å². The molecule has 0 atom stereocenters. The van der Waals surface area contributed by atoms with E-state index in [1.807, 2.05) is 25.4 Å². The Kier molecular flexibility index (Phi) is 2.83. The number of hydrogen-bond donors (Lipinski definition) is 0. The molecule has 94 valence electrons. The lowest BCUT2D eigenvalue weighted by atomic mass is 10.1. The fourth-order valence-electron chi connectivity index (χ4n) is 1.91. The van der Waals surface area contributed by atoms with Gasteiger partial charge in [0.05, 0.1) is 6.20 Å². The van der Waals surface area contributed by atoms with Crippen molar-refractivity contribution in [3.63, 3.8) is 0 Å². The fraction of sp³-hybridized carbons (Fsp3) is 0.133. The first-order valence-electron chi connectivity index (χ1n) is 6.13. The van der Waals surface area contributed by atoms with Crippen molar-refractivity contribution in [3.05, 3.63) is 60.3 Å². The van der Waals surface area contributed by atoms with E-state index in [1.165, 1.54) is 5.56 Å². The van der Waals surface area contributed by atoms with E-state index in [2.05, 4.69) is 46.3 Å². The molecule has 4 nitrogen and oxygen atoms in total. The van der Waals surface area contributed by atoms with Crippen LogP contribution in [0.2, 0.25) is 0 Å². The standard InChI is InChI=1S/C15H14N4/c1-11-3-5-13(6-4-11)14-8-18-19(9-14)15-7-12(2)16-10-17-15/h3-10H,1-2H3. The van der Waals surface area contributed by atoms with Crippen LogP contribution in [0.15, 0.2) is 49.1 Å². The third-order valence-corrected chi connectivity index (χ3v) is 2.99. The van der Waals surface area contributed by atoms with Gasteiger partial charge in [0.25, 0.3) is 0 Å². The Balaban J connectivity index is 1.97. The third kappa shape index (κ3) is 2.38. The maximum Gasteiger partial charge on any atom is 0.156 e. The van der Waals surface area contributed by atoms with Gasteiger partial charge in [-0.15, -0.1) is 0 Å². The van der Waals surface area contributed by atoms with E-state index in [9.17, 15) is 0 Å². The molecule has 0 saturated heterocycles. The van der Waals surface area contributed by atoms with Gasteiger partial charge in [0.15, 0.2) is 5.82 Å². The molecule has 0 saturated carbocycles. The minimum absolute atomic E-state index is 0.783. The summed E-state index contributed by atoms with van der Waals surface area (Å²) in [5.74, 6) is 0.783. The summed E-state index contributed by atoms with van der Waals surface area (Å²) >= 11 is 0. The van der Waals surface area contributed by atoms with Gasteiger partial charge in [-0.3, -0.25) is 0 Å². The molecule has 0 N–H and O–H groups in total. The Bertz CT molecular complexity index is 698. The van der Waals surface area contributed by atoms with Gasteiger partial charge in [-0.1, -0.05) is 29.8 Å². The molecular formula is C15H14N4. The van der Waals surface area contributed by atoms with Gasteiger partial charge in [-0.2, -0.15) is 5.10 Å². The first-order chi connectivity index (χ1) is 9.22. The highest BCUT2D eigenvalue weighted by atomic mass is 15.3. The zero-order valence-electron chi connectivity index (χ0n) is 10.9. The van der Waals surface area contributed by atoms with Crippen molar-refractivity contribution in [2.24, 2.45) is 0 Å². The molecule has 0 spiro atoms. The molecule has 4 heteroatoms. The molecule has 0 aliphatic heterocycles. The number of benzene rings is 1. The lowest BCUT2D eigenvalue weighted by Gasteiger charge is -2.00. The summed E-state index contributed by atoms with van der Waals surface area (Å²) in [4.78, 5) is 8.31. The number of rotatable bonds is 2. The molecule has 0 bridgehead atoms. The van der Waals surface area contributed by atoms with Crippen molar-refractivity contribution in [2.45, 2.75) is 13.8 Å². The van der Waals surface area contributed by atoms with Gasteiger partial charge in [0.2, 0.25) is 0 Å². The summed E-state index contributed by atoms with van der Waals surface area (Å²) in [5, 5.41) is 4.35. The Morgan fingerprint density at radius 3 is 2.47 bits per heavy atom. The third-order valence-electron chi connectivity index (χ3n) is 2.99. The topological polar surface area (TPSA) is 43.6 Å². The van der Waals surface area contributed by atoms with Crippen LogP contribution in [-0.2, 0) is 0 Å². The minimum Gasteiger partial charge on any atom is -0.242 e. The zero-order valence-corrected chi connectivity index (χ0v) is 10.9. The van der Waals surface area contributed by atoms with E-state index in [4.69, 9.17) is 0 Å². The van der Waals surface area contributed by atoms with Gasteiger partial charge in [0, 0.05) is 23.5 Å². The van der Waals surface area contributed by atoms with Gasteiger partial charge < -0.3 is 0 Å². The lowest BCUT2D eigenvalue weighted by molar-refractivity contribution is 0.835. The average molecular weight is 250 g/mol. The van der Waals surface area contributed by atoms with Crippen molar-refractivity contribution in [1.29, 1.82) is 0 Å². The predicted molar refractivity (Wildman–Crippen MR) is 74.1 cm³/mol. The highest BCUT2D eigenvalue weighted by Crippen LogP contribution is 2.20. The normalized spacial score (nSPS) is 10.6. The summed E-state index contributed by atoms with van der Waals surface area (Å²) in [6.07, 6.45) is 5.38. The van der Waals surface area contributed by atoms with Crippen LogP contribution >= 0.6 is 0 Å². The van der Waals surface area contributed by atoms with Crippen LogP contribution in [0, 0.1) is 13.8 Å². The number of nitrogens with zero attached hydrogens (tertiary/aromatic N) is 4. The van der Waals surface area contributed by atoms with Crippen LogP contribution in [0.3, 0.4) is 0 Å². The van der Waals surface area contributed by atoms with Crippen molar-refractivity contribution < 1.29 is 0 Å². The van der Waals surface area contributed by atoms with Gasteiger partial charge in [-0.05, 0) is 19.4 Å². The van der Waals surface area contributed by atoms with E-state index in [1.54, 1.807) is 11.0 Å². The Morgan fingerprint density at radius 2 is 1.74 bits per heavy atom. The lowest BCUT2D eigenvalue weighted by Crippen LogP contribution is -1.98. The van der Waals surface area contributed by atoms with E-state index >= 15 is 0 Å². The summed E-state index contributed by atoms with van der Waals surface area (Å²) < 4.78 is 1.77. The molecule has 0 aliphatic rings. The van der Waals surface area contributed by atoms with Crippen LogP contribution in [0.1, 0.15) is 11.3 Å². The Labute approximate surface area is 111 Å². The molecule has 0 fully saturated rings. The van der Waals surface area contributed by atoms with Gasteiger partial charge >= 0.3 is 0 Å². The quantitative estimate of drug-likeness (QED) is 0.702. The molecule has 0 amide bonds.